The van der Waals surface area contributed by atoms with Crippen molar-refractivity contribution < 1.29 is 12.3 Å². The lowest BCUT2D eigenvalue weighted by molar-refractivity contribution is 0.262. The van der Waals surface area contributed by atoms with Gasteiger partial charge in [0.2, 0.25) is 0 Å². The van der Waals surface area contributed by atoms with Crippen LogP contribution < -0.4 is 20.7 Å². The standard InChI is InChI=1S/C27H26O3Si3/c1-3-31(2)28-32(24-16-8-4-9-17-24,25-18-10-5-11-19-25)30-33(29-31,26-20-12-6-13-21-26)27-22-14-7-15-23-27/h3-23H,1H2,2H3. The molecule has 0 bridgehead atoms. The smallest absolute Gasteiger partial charge is 0.390 e. The number of benzene rings is 4. The Kier molecular flexibility index (Phi) is 5.88. The predicted octanol–water partition coefficient (Wildman–Crippen LogP) is 3.36. The van der Waals surface area contributed by atoms with Gasteiger partial charge in [-0.15, -0.1) is 6.58 Å². The van der Waals surface area contributed by atoms with Gasteiger partial charge < -0.3 is 12.3 Å². The lowest BCUT2D eigenvalue weighted by atomic mass is 10.4. The van der Waals surface area contributed by atoms with Gasteiger partial charge in [0.15, 0.2) is 0 Å². The first kappa shape index (κ1) is 22.0. The van der Waals surface area contributed by atoms with Gasteiger partial charge in [0, 0.05) is 0 Å². The zero-order valence-electron chi connectivity index (χ0n) is 18.6. The van der Waals surface area contributed by atoms with E-state index in [9.17, 15) is 0 Å². The molecular formula is C27H26O3Si3. The zero-order chi connectivity index (χ0) is 22.8. The highest BCUT2D eigenvalue weighted by molar-refractivity contribution is 7.11. The summed E-state index contributed by atoms with van der Waals surface area (Å²) in [4.78, 5) is 0. The Balaban J connectivity index is 1.84. The first-order valence-corrected chi connectivity index (χ1v) is 17.1. The van der Waals surface area contributed by atoms with E-state index >= 15 is 0 Å². The summed E-state index contributed by atoms with van der Waals surface area (Å²) in [7, 11) is -9.18. The fraction of sp³-hybridized carbons (Fsp3) is 0.0370. The molecule has 0 N–H and O–H groups in total. The minimum absolute atomic E-state index is 1.07. The van der Waals surface area contributed by atoms with Crippen molar-refractivity contribution in [3.63, 3.8) is 0 Å². The molecule has 1 aliphatic heterocycles. The second-order valence-corrected chi connectivity index (χ2v) is 17.9. The molecule has 5 rings (SSSR count). The van der Waals surface area contributed by atoms with Crippen molar-refractivity contribution in [1.29, 1.82) is 0 Å². The minimum Gasteiger partial charge on any atom is -0.406 e. The molecular weight excluding hydrogens is 457 g/mol. The van der Waals surface area contributed by atoms with Crippen LogP contribution >= 0.6 is 0 Å². The van der Waals surface area contributed by atoms with Crippen LogP contribution in [-0.2, 0) is 12.3 Å². The molecule has 1 saturated heterocycles. The van der Waals surface area contributed by atoms with E-state index in [0.717, 1.165) is 20.7 Å². The van der Waals surface area contributed by atoms with Crippen LogP contribution in [0.2, 0.25) is 6.55 Å². The molecule has 0 aromatic heterocycles. The molecule has 33 heavy (non-hydrogen) atoms. The Morgan fingerprint density at radius 3 is 1.00 bits per heavy atom. The molecule has 1 fully saturated rings. The van der Waals surface area contributed by atoms with Crippen molar-refractivity contribution in [1.82, 2.24) is 0 Å². The van der Waals surface area contributed by atoms with E-state index in [1.807, 2.05) is 30.0 Å². The van der Waals surface area contributed by atoms with Gasteiger partial charge in [-0.05, 0) is 27.3 Å². The molecule has 164 valence electrons. The minimum atomic E-state index is -3.17. The summed E-state index contributed by atoms with van der Waals surface area (Å²) in [5.74, 6) is 0. The van der Waals surface area contributed by atoms with Crippen molar-refractivity contribution in [2.45, 2.75) is 6.55 Å². The van der Waals surface area contributed by atoms with Crippen molar-refractivity contribution in [2.75, 3.05) is 0 Å². The van der Waals surface area contributed by atoms with E-state index in [1.54, 1.807) is 0 Å². The maximum atomic E-state index is 7.42. The maximum absolute atomic E-state index is 7.42. The van der Waals surface area contributed by atoms with E-state index in [4.69, 9.17) is 12.3 Å². The average molecular weight is 483 g/mol. The molecule has 4 aromatic carbocycles. The SMILES string of the molecule is C=C[Si]1(C)O[Si](c2ccccc2)(c2ccccc2)O[Si](c2ccccc2)(c2ccccc2)O1. The van der Waals surface area contributed by atoms with E-state index in [2.05, 4.69) is 110 Å². The normalized spacial score (nSPS) is 18.3. The third kappa shape index (κ3) is 3.91. The number of rotatable bonds is 5. The molecule has 0 amide bonds. The number of hydrogen-bond acceptors (Lipinski definition) is 3. The summed E-state index contributed by atoms with van der Waals surface area (Å²) in [6, 6.07) is 41.5. The highest BCUT2D eigenvalue weighted by atomic mass is 28.5. The van der Waals surface area contributed by atoms with Crippen LogP contribution in [0.15, 0.2) is 134 Å². The molecule has 0 spiro atoms. The summed E-state index contributed by atoms with van der Waals surface area (Å²) in [6.07, 6.45) is 0. The van der Waals surface area contributed by atoms with Crippen LogP contribution in [0.5, 0.6) is 0 Å². The second kappa shape index (κ2) is 8.83. The van der Waals surface area contributed by atoms with Gasteiger partial charge in [-0.1, -0.05) is 127 Å². The van der Waals surface area contributed by atoms with E-state index in [0.29, 0.717) is 0 Å². The average Bonchev–Trinajstić information content (AvgIpc) is 2.90. The van der Waals surface area contributed by atoms with Crippen molar-refractivity contribution in [3.05, 3.63) is 134 Å². The van der Waals surface area contributed by atoms with E-state index < -0.39 is 25.7 Å². The quantitative estimate of drug-likeness (QED) is 0.408. The summed E-state index contributed by atoms with van der Waals surface area (Å²) < 4.78 is 21.5. The first-order chi connectivity index (χ1) is 16.1. The van der Waals surface area contributed by atoms with Crippen LogP contribution in [0.25, 0.3) is 0 Å². The summed E-state index contributed by atoms with van der Waals surface area (Å²) in [6.45, 7) is 6.25. The third-order valence-electron chi connectivity index (χ3n) is 5.97. The largest absolute Gasteiger partial charge is 0.406 e. The molecule has 3 nitrogen and oxygen atoms in total. The third-order valence-corrected chi connectivity index (χ3v) is 18.9. The molecule has 0 saturated carbocycles. The molecule has 0 atom stereocenters. The Hall–Kier alpha value is -2.85. The topological polar surface area (TPSA) is 27.7 Å². The summed E-state index contributed by atoms with van der Waals surface area (Å²) in [5, 5.41) is 4.29. The van der Waals surface area contributed by atoms with E-state index in [-0.39, 0.29) is 0 Å². The highest BCUT2D eigenvalue weighted by Crippen LogP contribution is 2.31. The second-order valence-electron chi connectivity index (χ2n) is 8.22. The fourth-order valence-electron chi connectivity index (χ4n) is 4.35. The molecule has 4 aromatic rings. The van der Waals surface area contributed by atoms with Gasteiger partial charge in [-0.25, -0.2) is 0 Å². The Morgan fingerprint density at radius 2 is 0.758 bits per heavy atom. The lowest BCUT2D eigenvalue weighted by Gasteiger charge is -2.51. The molecule has 1 aliphatic rings. The molecule has 0 radical (unpaired) electrons. The van der Waals surface area contributed by atoms with Gasteiger partial charge >= 0.3 is 25.7 Å². The summed E-state index contributed by atoms with van der Waals surface area (Å²) in [5.41, 5.74) is 1.90. The van der Waals surface area contributed by atoms with Gasteiger partial charge in [0.1, 0.15) is 0 Å². The molecule has 1 heterocycles. The van der Waals surface area contributed by atoms with Crippen LogP contribution in [-0.4, -0.2) is 25.7 Å². The van der Waals surface area contributed by atoms with Crippen LogP contribution in [0.1, 0.15) is 0 Å². The lowest BCUT2D eigenvalue weighted by Crippen LogP contribution is -2.83. The highest BCUT2D eigenvalue weighted by Gasteiger charge is 2.63. The van der Waals surface area contributed by atoms with E-state index in [1.165, 1.54) is 0 Å². The van der Waals surface area contributed by atoms with Crippen LogP contribution in [0.4, 0.5) is 0 Å². The van der Waals surface area contributed by atoms with Gasteiger partial charge in [-0.3, -0.25) is 0 Å². The van der Waals surface area contributed by atoms with Crippen molar-refractivity contribution >= 4 is 46.4 Å². The van der Waals surface area contributed by atoms with Crippen LogP contribution in [0, 0.1) is 0 Å². The monoisotopic (exact) mass is 482 g/mol. The molecule has 0 aliphatic carbocycles. The van der Waals surface area contributed by atoms with Crippen molar-refractivity contribution in [3.8, 4) is 0 Å². The fourth-order valence-corrected chi connectivity index (χ4v) is 19.8. The van der Waals surface area contributed by atoms with Gasteiger partial charge in [0.25, 0.3) is 0 Å². The Labute approximate surface area is 198 Å². The maximum Gasteiger partial charge on any atom is 0.390 e. The summed E-state index contributed by atoms with van der Waals surface area (Å²) >= 11 is 0. The van der Waals surface area contributed by atoms with Gasteiger partial charge in [0.05, 0.1) is 0 Å². The first-order valence-electron chi connectivity index (χ1n) is 11.1. The Morgan fingerprint density at radius 1 is 0.485 bits per heavy atom. The van der Waals surface area contributed by atoms with Gasteiger partial charge in [-0.2, -0.15) is 0 Å². The Bertz CT molecular complexity index is 1050. The molecule has 0 unspecified atom stereocenters. The zero-order valence-corrected chi connectivity index (χ0v) is 21.6. The number of hydrogen-bond donors (Lipinski definition) is 0. The molecule has 6 heteroatoms. The van der Waals surface area contributed by atoms with Crippen molar-refractivity contribution in [2.24, 2.45) is 0 Å². The van der Waals surface area contributed by atoms with Crippen LogP contribution in [0.3, 0.4) is 0 Å². The predicted molar refractivity (Wildman–Crippen MR) is 141 cm³/mol.